The average molecular weight is 1340 g/mol. The zero-order valence-corrected chi connectivity index (χ0v) is 57.1. The van der Waals surface area contributed by atoms with Crippen LogP contribution in [0.25, 0.3) is 45.3 Å². The standard InChI is InChI=1S/C28H30N6O3.C23H27FN6O.C22H26FN7O/c1-20-15-22(9-10-25(20)36-2)23-16-24(21-7-5-4-6-8-21)34(31-23)18-28(35)33-13-11-32(12-14-33)26-17-27(37-3)30-19-29-26;1-3-6-18-15-21(20-9-8-19(24)17(2)26-20)27-30(18)16-23(31)29-13-11-28(12-14-29)22-7-4-5-10-25-22;1-3-5-17-14-20(19-7-6-18(23)16(2)26-19)27-30(17)15-21(31)28-10-12-29(13-11-28)22-24-8-4-9-25-22/h4-10,15-17,19H,11-14,18H2,1-3H3;4-5,7-10,15H,3,6,11-14,16H2,1-2H3;4,6-9,14H,3,5,10-13,15H2,1-2H3. The largest absolute Gasteiger partial charge is 0.496 e. The molecule has 10 aromatic rings. The van der Waals surface area contributed by atoms with Crippen LogP contribution in [0, 0.1) is 32.4 Å². The topological polar surface area (TPSA) is 233 Å². The van der Waals surface area contributed by atoms with E-state index in [1.165, 1.54) is 18.5 Å². The molecule has 3 saturated heterocycles. The summed E-state index contributed by atoms with van der Waals surface area (Å²) in [6, 6.07) is 37.5. The summed E-state index contributed by atoms with van der Waals surface area (Å²) in [5.74, 6) is 3.25. The van der Waals surface area contributed by atoms with Crippen LogP contribution in [0.2, 0.25) is 0 Å². The maximum Gasteiger partial charge on any atom is 0.244 e. The molecule has 0 bridgehead atoms. The van der Waals surface area contributed by atoms with E-state index >= 15 is 0 Å². The van der Waals surface area contributed by atoms with Crippen molar-refractivity contribution in [3.8, 4) is 56.9 Å². The van der Waals surface area contributed by atoms with Crippen molar-refractivity contribution in [2.45, 2.75) is 79.9 Å². The quantitative estimate of drug-likeness (QED) is 0.0733. The van der Waals surface area contributed by atoms with E-state index in [9.17, 15) is 23.2 Å². The van der Waals surface area contributed by atoms with E-state index in [-0.39, 0.29) is 49.0 Å². The van der Waals surface area contributed by atoms with Crippen LogP contribution in [0.15, 0.2) is 146 Å². The van der Waals surface area contributed by atoms with Gasteiger partial charge in [-0.3, -0.25) is 28.4 Å². The number of amides is 3. The van der Waals surface area contributed by atoms with Crippen LogP contribution in [0.3, 0.4) is 0 Å². The number of pyridine rings is 3. The van der Waals surface area contributed by atoms with Gasteiger partial charge in [0.1, 0.15) is 66.4 Å². The molecule has 2 aromatic carbocycles. The van der Waals surface area contributed by atoms with Crippen LogP contribution in [-0.2, 0) is 46.9 Å². The van der Waals surface area contributed by atoms with Gasteiger partial charge in [-0.05, 0) is 124 Å². The number of aromatic nitrogens is 13. The highest BCUT2D eigenvalue weighted by Crippen LogP contribution is 2.31. The Labute approximate surface area is 574 Å². The fraction of sp³-hybridized carbons (Fsp3) is 0.356. The molecule has 3 aliphatic heterocycles. The van der Waals surface area contributed by atoms with Crippen LogP contribution in [0.4, 0.5) is 26.4 Å². The van der Waals surface area contributed by atoms with Crippen molar-refractivity contribution >= 4 is 35.3 Å². The number of halogens is 2. The molecule has 3 aliphatic rings. The van der Waals surface area contributed by atoms with Gasteiger partial charge >= 0.3 is 0 Å². The Hall–Kier alpha value is -11.1. The number of methoxy groups -OCH3 is 2. The summed E-state index contributed by atoms with van der Waals surface area (Å²) in [5, 5.41) is 14.1. The number of hydrogen-bond donors (Lipinski definition) is 0. The maximum absolute atomic E-state index is 13.6. The van der Waals surface area contributed by atoms with Gasteiger partial charge in [-0.2, -0.15) is 15.3 Å². The Kier molecular flexibility index (Phi) is 23.0. The molecule has 3 fully saturated rings. The van der Waals surface area contributed by atoms with Crippen molar-refractivity contribution in [3.63, 3.8) is 0 Å². The van der Waals surface area contributed by atoms with E-state index in [0.29, 0.717) is 111 Å². The highest BCUT2D eigenvalue weighted by molar-refractivity contribution is 5.79. The average Bonchev–Trinajstić information content (AvgIpc) is 1.69. The first-order valence-electron chi connectivity index (χ1n) is 33.5. The lowest BCUT2D eigenvalue weighted by molar-refractivity contribution is -0.133. The number of carbonyl (C=O) groups excluding carboxylic acids is 3. The van der Waals surface area contributed by atoms with Crippen LogP contribution in [-0.4, -0.2) is 189 Å². The molecule has 514 valence electrons. The van der Waals surface area contributed by atoms with E-state index in [1.807, 2.05) is 111 Å². The summed E-state index contributed by atoms with van der Waals surface area (Å²) in [6.07, 6.45) is 10.2. The molecule has 8 aromatic heterocycles. The highest BCUT2D eigenvalue weighted by Gasteiger charge is 2.28. The third-order valence-corrected chi connectivity index (χ3v) is 17.6. The Balaban J connectivity index is 0.000000151. The minimum absolute atomic E-state index is 0.0314. The number of hydrogen-bond acceptors (Lipinski definition) is 18. The van der Waals surface area contributed by atoms with Gasteiger partial charge in [-0.15, -0.1) is 0 Å². The minimum atomic E-state index is -0.341. The number of benzene rings is 2. The van der Waals surface area contributed by atoms with Crippen LogP contribution >= 0.6 is 0 Å². The number of aryl methyl sites for hydroxylation is 5. The van der Waals surface area contributed by atoms with Crippen molar-refractivity contribution < 1.29 is 32.6 Å². The molecule has 0 spiro atoms. The third kappa shape index (κ3) is 17.4. The predicted molar refractivity (Wildman–Crippen MR) is 374 cm³/mol. The monoisotopic (exact) mass is 1340 g/mol. The molecule has 0 unspecified atom stereocenters. The number of nitrogens with zero attached hydrogens (tertiary/aromatic N) is 19. The molecule has 0 atom stereocenters. The first-order valence-corrected chi connectivity index (χ1v) is 33.5. The molecule has 13 rings (SSSR count). The number of anilines is 3. The molecule has 26 heteroatoms. The second-order valence-corrected chi connectivity index (χ2v) is 24.3. The van der Waals surface area contributed by atoms with Crippen LogP contribution < -0.4 is 24.2 Å². The SMILES string of the molecule is CCCc1cc(-c2ccc(F)c(C)n2)nn1CC(=O)N1CCN(c2ccccn2)CC1.CCCc1cc(-c2ccc(F)c(C)n2)nn1CC(=O)N1CCN(c2ncccn2)CC1.COc1cc(N2CCN(C(=O)Cn3nc(-c4ccc(OC)c(C)c4)cc3-c3ccccc3)CC2)ncn1. The van der Waals surface area contributed by atoms with E-state index in [0.717, 1.165) is 95.6 Å². The fourth-order valence-electron chi connectivity index (χ4n) is 12.1. The van der Waals surface area contributed by atoms with Gasteiger partial charge in [0.05, 0.1) is 48.4 Å². The minimum Gasteiger partial charge on any atom is -0.496 e. The maximum atomic E-state index is 13.6. The molecule has 24 nitrogen and oxygen atoms in total. The van der Waals surface area contributed by atoms with Gasteiger partial charge in [0.15, 0.2) is 0 Å². The lowest BCUT2D eigenvalue weighted by Gasteiger charge is -2.35. The summed E-state index contributed by atoms with van der Waals surface area (Å²) >= 11 is 0. The zero-order chi connectivity index (χ0) is 69.4. The van der Waals surface area contributed by atoms with Crippen molar-refractivity contribution in [2.24, 2.45) is 0 Å². The highest BCUT2D eigenvalue weighted by atomic mass is 19.1. The molecule has 11 heterocycles. The normalized spacial score (nSPS) is 13.9. The van der Waals surface area contributed by atoms with Gasteiger partial charge in [0.2, 0.25) is 29.5 Å². The van der Waals surface area contributed by atoms with Crippen molar-refractivity contribution in [1.82, 2.24) is 78.9 Å². The van der Waals surface area contributed by atoms with Gasteiger partial charge in [0.25, 0.3) is 0 Å². The Morgan fingerprint density at radius 2 is 0.949 bits per heavy atom. The summed E-state index contributed by atoms with van der Waals surface area (Å²) in [6.45, 7) is 18.0. The van der Waals surface area contributed by atoms with Crippen LogP contribution in [0.1, 0.15) is 55.0 Å². The van der Waals surface area contributed by atoms with E-state index in [4.69, 9.17) is 14.6 Å². The first-order chi connectivity index (χ1) is 48.1. The summed E-state index contributed by atoms with van der Waals surface area (Å²) in [4.78, 5) is 81.3. The number of ether oxygens (including phenoxy) is 2. The molecule has 0 radical (unpaired) electrons. The summed E-state index contributed by atoms with van der Waals surface area (Å²) in [5.41, 5.74) is 9.95. The van der Waals surface area contributed by atoms with Gasteiger partial charge < -0.3 is 38.9 Å². The molecule has 0 aliphatic carbocycles. The lowest BCUT2D eigenvalue weighted by Crippen LogP contribution is -2.50. The zero-order valence-electron chi connectivity index (χ0n) is 57.1. The van der Waals surface area contributed by atoms with Gasteiger partial charge in [-0.25, -0.2) is 43.7 Å². The van der Waals surface area contributed by atoms with Crippen molar-refractivity contribution in [3.05, 3.63) is 186 Å². The Bertz CT molecular complexity index is 4170. The number of carbonyl (C=O) groups is 3. The summed E-state index contributed by atoms with van der Waals surface area (Å²) < 4.78 is 43.1. The molecule has 3 amide bonds. The third-order valence-electron chi connectivity index (χ3n) is 17.6. The summed E-state index contributed by atoms with van der Waals surface area (Å²) in [7, 11) is 3.25. The van der Waals surface area contributed by atoms with Crippen molar-refractivity contribution in [2.75, 3.05) is 107 Å². The molecular weight excluding hydrogens is 1260 g/mol. The molecule has 99 heavy (non-hydrogen) atoms. The van der Waals surface area contributed by atoms with E-state index < -0.39 is 0 Å². The Morgan fingerprint density at radius 3 is 1.44 bits per heavy atom. The van der Waals surface area contributed by atoms with E-state index in [2.05, 4.69) is 79.7 Å². The van der Waals surface area contributed by atoms with E-state index in [1.54, 1.807) is 74.2 Å². The predicted octanol–water partition coefficient (Wildman–Crippen LogP) is 9.25. The molecule has 0 saturated carbocycles. The smallest absolute Gasteiger partial charge is 0.244 e. The van der Waals surface area contributed by atoms with Crippen molar-refractivity contribution in [1.29, 1.82) is 0 Å². The fourth-order valence-corrected chi connectivity index (χ4v) is 12.1. The first kappa shape index (κ1) is 69.3. The second-order valence-electron chi connectivity index (χ2n) is 24.3. The molecule has 0 N–H and O–H groups in total. The lowest BCUT2D eigenvalue weighted by atomic mass is 10.1. The number of rotatable bonds is 19. The van der Waals surface area contributed by atoms with Gasteiger partial charge in [-0.1, -0.05) is 63.1 Å². The van der Waals surface area contributed by atoms with Gasteiger partial charge in [0, 0.05) is 120 Å². The Morgan fingerprint density at radius 1 is 0.444 bits per heavy atom. The second kappa shape index (κ2) is 32.8. The number of piperazine rings is 3. The van der Waals surface area contributed by atoms with Crippen LogP contribution in [0.5, 0.6) is 11.6 Å². The molecular formula is C73H83F2N19O5.